The monoisotopic (exact) mass is 453 g/mol. The number of carbonyl (C=O) groups excluding carboxylic acids is 2. The van der Waals surface area contributed by atoms with E-state index in [1.54, 1.807) is 40.8 Å². The van der Waals surface area contributed by atoms with Gasteiger partial charge in [-0.15, -0.1) is 0 Å². The number of fused-ring (bicyclic) bond motifs is 1. The van der Waals surface area contributed by atoms with Crippen molar-refractivity contribution >= 4 is 29.0 Å². The molecule has 9 heteroatoms. The Bertz CT molecular complexity index is 1180. The number of anilines is 2. The van der Waals surface area contributed by atoms with Crippen molar-refractivity contribution in [1.82, 2.24) is 14.3 Å². The van der Waals surface area contributed by atoms with Crippen molar-refractivity contribution in [3.05, 3.63) is 59.8 Å². The van der Waals surface area contributed by atoms with Crippen LogP contribution in [0.15, 0.2) is 42.7 Å². The molecule has 3 aromatic rings. The maximum atomic E-state index is 14.3. The average molecular weight is 454 g/mol. The smallest absolute Gasteiger partial charge is 0.410 e. The number of ether oxygens (including phenoxy) is 1. The van der Waals surface area contributed by atoms with Gasteiger partial charge in [0.05, 0.1) is 11.4 Å². The molecule has 0 atom stereocenters. The Morgan fingerprint density at radius 2 is 1.73 bits per heavy atom. The van der Waals surface area contributed by atoms with Crippen LogP contribution < -0.4 is 10.2 Å². The predicted molar refractivity (Wildman–Crippen MR) is 124 cm³/mol. The Morgan fingerprint density at radius 3 is 2.36 bits per heavy atom. The van der Waals surface area contributed by atoms with E-state index < -0.39 is 11.4 Å². The van der Waals surface area contributed by atoms with Gasteiger partial charge in [0.1, 0.15) is 5.60 Å². The Kier molecular flexibility index (Phi) is 5.97. The number of nitrogens with one attached hydrogen (secondary N) is 1. The third kappa shape index (κ3) is 5.24. The van der Waals surface area contributed by atoms with Crippen LogP contribution in [0.1, 0.15) is 36.8 Å². The van der Waals surface area contributed by atoms with Crippen LogP contribution in [0.5, 0.6) is 0 Å². The number of piperazine rings is 1. The number of nitrogens with zero attached hydrogens (tertiary/aromatic N) is 4. The number of aryl methyl sites for hydroxylation is 1. The minimum absolute atomic E-state index is 0.224. The van der Waals surface area contributed by atoms with E-state index in [0.29, 0.717) is 43.1 Å². The molecular weight excluding hydrogens is 425 g/mol. The molecule has 1 fully saturated rings. The van der Waals surface area contributed by atoms with Crippen molar-refractivity contribution in [2.45, 2.75) is 33.3 Å². The van der Waals surface area contributed by atoms with Gasteiger partial charge < -0.3 is 24.3 Å². The molecule has 2 aromatic heterocycles. The lowest BCUT2D eigenvalue weighted by Crippen LogP contribution is -2.50. The fraction of sp³-hybridized carbons (Fsp3) is 0.375. The molecule has 8 nitrogen and oxygen atoms in total. The molecule has 1 N–H and O–H groups in total. The summed E-state index contributed by atoms with van der Waals surface area (Å²) in [6.45, 7) is 9.83. The van der Waals surface area contributed by atoms with Gasteiger partial charge in [-0.25, -0.2) is 14.2 Å². The number of hydrogen-bond donors (Lipinski definition) is 1. The maximum Gasteiger partial charge on any atom is 0.410 e. The number of benzene rings is 1. The lowest BCUT2D eigenvalue weighted by atomic mass is 10.1. The summed E-state index contributed by atoms with van der Waals surface area (Å²) in [5, 5.41) is 2.74. The molecule has 33 heavy (non-hydrogen) atoms. The Labute approximate surface area is 192 Å². The molecule has 1 aromatic carbocycles. The molecule has 0 bridgehead atoms. The summed E-state index contributed by atoms with van der Waals surface area (Å²) in [7, 11) is 0. The summed E-state index contributed by atoms with van der Waals surface area (Å²) in [5.74, 6) is -0.825. The second-order valence-corrected chi connectivity index (χ2v) is 9.15. The molecule has 3 heterocycles. The minimum Gasteiger partial charge on any atom is -0.444 e. The van der Waals surface area contributed by atoms with E-state index >= 15 is 0 Å². The quantitative estimate of drug-likeness (QED) is 0.646. The summed E-state index contributed by atoms with van der Waals surface area (Å²) < 4.78 is 21.3. The van der Waals surface area contributed by atoms with Gasteiger partial charge in [0.15, 0.2) is 11.5 Å². The summed E-state index contributed by atoms with van der Waals surface area (Å²) in [6, 6.07) is 8.49. The maximum absolute atomic E-state index is 14.3. The van der Waals surface area contributed by atoms with Crippen molar-refractivity contribution in [3.63, 3.8) is 0 Å². The van der Waals surface area contributed by atoms with Crippen LogP contribution in [-0.4, -0.2) is 58.1 Å². The Balaban J connectivity index is 1.37. The van der Waals surface area contributed by atoms with E-state index in [1.807, 2.05) is 32.9 Å². The van der Waals surface area contributed by atoms with Crippen molar-refractivity contribution in [3.8, 4) is 0 Å². The zero-order chi connectivity index (χ0) is 23.8. The number of imidazole rings is 1. The number of hydrogen-bond acceptors (Lipinski definition) is 5. The molecule has 0 radical (unpaired) electrons. The highest BCUT2D eigenvalue weighted by molar-refractivity contribution is 6.04. The topological polar surface area (TPSA) is 79.2 Å². The number of amides is 2. The number of aromatic nitrogens is 2. The molecule has 0 aliphatic carbocycles. The molecule has 0 spiro atoms. The zero-order valence-corrected chi connectivity index (χ0v) is 19.3. The van der Waals surface area contributed by atoms with Gasteiger partial charge in [-0.05, 0) is 52.0 Å². The molecule has 1 saturated heterocycles. The minimum atomic E-state index is -0.514. The van der Waals surface area contributed by atoms with Crippen LogP contribution in [0.25, 0.3) is 5.65 Å². The van der Waals surface area contributed by atoms with Crippen LogP contribution in [-0.2, 0) is 4.74 Å². The van der Waals surface area contributed by atoms with Crippen LogP contribution in [0.3, 0.4) is 0 Å². The zero-order valence-electron chi connectivity index (χ0n) is 19.3. The first-order chi connectivity index (χ1) is 15.6. The van der Waals surface area contributed by atoms with Crippen LogP contribution in [0, 0.1) is 12.7 Å². The van der Waals surface area contributed by atoms with Gasteiger partial charge in [0.25, 0.3) is 5.91 Å². The average Bonchev–Trinajstić information content (AvgIpc) is 3.13. The summed E-state index contributed by atoms with van der Waals surface area (Å²) in [5.41, 5.74) is 2.19. The molecule has 2 amide bonds. The number of rotatable bonds is 3. The van der Waals surface area contributed by atoms with Crippen LogP contribution >= 0.6 is 0 Å². The van der Waals surface area contributed by atoms with Gasteiger partial charge in [-0.2, -0.15) is 0 Å². The number of halogens is 1. The van der Waals surface area contributed by atoms with E-state index in [4.69, 9.17) is 4.74 Å². The van der Waals surface area contributed by atoms with Gasteiger partial charge in [-0.1, -0.05) is 0 Å². The highest BCUT2D eigenvalue weighted by atomic mass is 19.1. The molecule has 0 saturated carbocycles. The molecule has 0 unspecified atom stereocenters. The summed E-state index contributed by atoms with van der Waals surface area (Å²) in [6.07, 6.45) is 3.04. The van der Waals surface area contributed by atoms with Gasteiger partial charge in [0, 0.05) is 55.9 Å². The van der Waals surface area contributed by atoms with Crippen molar-refractivity contribution in [2.24, 2.45) is 0 Å². The first-order valence-electron chi connectivity index (χ1n) is 10.9. The Hall–Kier alpha value is -3.62. The van der Waals surface area contributed by atoms with E-state index in [-0.39, 0.29) is 17.6 Å². The van der Waals surface area contributed by atoms with Crippen molar-refractivity contribution < 1.29 is 18.7 Å². The van der Waals surface area contributed by atoms with Gasteiger partial charge in [0.2, 0.25) is 0 Å². The third-order valence-electron chi connectivity index (χ3n) is 5.31. The van der Waals surface area contributed by atoms with E-state index in [9.17, 15) is 14.0 Å². The molecule has 1 aliphatic heterocycles. The fourth-order valence-electron chi connectivity index (χ4n) is 3.75. The standard InChI is InChI=1S/C24H28FN5O3/c1-16-14-30-15-18(13-20(25)21(30)26-16)27-22(31)17-5-7-19(8-6-17)28-9-11-29(12-10-28)23(32)33-24(2,3)4/h5-8,13-15H,9-12H2,1-4H3,(H,27,31). The highest BCUT2D eigenvalue weighted by Gasteiger charge is 2.26. The van der Waals surface area contributed by atoms with Crippen LogP contribution in [0.4, 0.5) is 20.6 Å². The first kappa shape index (κ1) is 22.6. The highest BCUT2D eigenvalue weighted by Crippen LogP contribution is 2.21. The second kappa shape index (κ2) is 8.73. The summed E-state index contributed by atoms with van der Waals surface area (Å²) in [4.78, 5) is 32.9. The predicted octanol–water partition coefficient (Wildman–Crippen LogP) is 4.09. The normalized spacial score (nSPS) is 14.5. The van der Waals surface area contributed by atoms with Crippen molar-refractivity contribution in [1.29, 1.82) is 0 Å². The van der Waals surface area contributed by atoms with Crippen molar-refractivity contribution in [2.75, 3.05) is 36.4 Å². The molecule has 174 valence electrons. The van der Waals surface area contributed by atoms with Gasteiger partial charge >= 0.3 is 6.09 Å². The molecular formula is C24H28FN5O3. The van der Waals surface area contributed by atoms with Gasteiger partial charge in [-0.3, -0.25) is 4.79 Å². The second-order valence-electron chi connectivity index (χ2n) is 9.15. The largest absolute Gasteiger partial charge is 0.444 e. The summed E-state index contributed by atoms with van der Waals surface area (Å²) >= 11 is 0. The lowest BCUT2D eigenvalue weighted by Gasteiger charge is -2.36. The first-order valence-corrected chi connectivity index (χ1v) is 10.9. The van der Waals surface area contributed by atoms with Crippen LogP contribution in [0.2, 0.25) is 0 Å². The SMILES string of the molecule is Cc1cn2cc(NC(=O)c3ccc(N4CCN(C(=O)OC(C)(C)C)CC4)cc3)cc(F)c2n1. The fourth-order valence-corrected chi connectivity index (χ4v) is 3.75. The van der Waals surface area contributed by atoms with E-state index in [1.165, 1.54) is 6.07 Å². The molecule has 1 aliphatic rings. The Morgan fingerprint density at radius 1 is 1.06 bits per heavy atom. The molecule has 4 rings (SSSR count). The number of carbonyl (C=O) groups is 2. The third-order valence-corrected chi connectivity index (χ3v) is 5.31. The van der Waals surface area contributed by atoms with E-state index in [2.05, 4.69) is 15.2 Å². The number of pyridine rings is 1. The lowest BCUT2D eigenvalue weighted by molar-refractivity contribution is 0.0240. The van der Waals surface area contributed by atoms with E-state index in [0.717, 1.165) is 5.69 Å².